The number of amides is 7. The molecule has 7 amide bonds. The minimum atomic E-state index is -1.24. The maximum Gasteiger partial charge on any atom is 0.243 e. The van der Waals surface area contributed by atoms with E-state index in [9.17, 15) is 48.3 Å². The van der Waals surface area contributed by atoms with E-state index in [1.807, 2.05) is 27.7 Å². The van der Waals surface area contributed by atoms with Crippen LogP contribution < -0.4 is 60.2 Å². The van der Waals surface area contributed by atoms with Crippen molar-refractivity contribution in [1.29, 1.82) is 0 Å². The molecule has 75 heavy (non-hydrogen) atoms. The molecule has 0 radical (unpaired) electrons. The Kier molecular flexibility index (Phi) is 31.4. The van der Waals surface area contributed by atoms with Crippen molar-refractivity contribution < 1.29 is 48.3 Å². The van der Waals surface area contributed by atoms with Crippen LogP contribution in [0.4, 0.5) is 0 Å². The summed E-state index contributed by atoms with van der Waals surface area (Å²) in [5.41, 5.74) is 24.4. The van der Waals surface area contributed by atoms with Crippen molar-refractivity contribution >= 4 is 52.9 Å². The van der Waals surface area contributed by atoms with E-state index in [4.69, 9.17) is 22.9 Å². The van der Waals surface area contributed by atoms with Crippen LogP contribution in [0.5, 0.6) is 0 Å². The fraction of sp³-hybridized carbons (Fsp3) is 0.722. The number of carbonyl (C=O) groups is 9. The molecule has 424 valence electrons. The highest BCUT2D eigenvalue weighted by molar-refractivity contribution is 5.98. The Morgan fingerprint density at radius 2 is 1.12 bits per heavy atom. The largest absolute Gasteiger partial charge is 0.393 e. The molecule has 0 aliphatic carbocycles. The summed E-state index contributed by atoms with van der Waals surface area (Å²) in [7, 11) is 0. The van der Waals surface area contributed by atoms with Gasteiger partial charge in [0, 0.05) is 31.2 Å². The summed E-state index contributed by atoms with van der Waals surface area (Å²) in [6.07, 6.45) is 2.23. The first-order chi connectivity index (χ1) is 35.7. The van der Waals surface area contributed by atoms with Gasteiger partial charge in [-0.15, -0.1) is 0 Å². The van der Waals surface area contributed by atoms with Crippen molar-refractivity contribution in [2.75, 3.05) is 32.7 Å². The second kappa shape index (κ2) is 35.8. The lowest BCUT2D eigenvalue weighted by molar-refractivity contribution is -0.136. The van der Waals surface area contributed by atoms with Crippen LogP contribution in [0.1, 0.15) is 143 Å². The molecule has 1 aromatic carbocycles. The molecule has 2 unspecified atom stereocenters. The fourth-order valence-corrected chi connectivity index (χ4v) is 9.02. The van der Waals surface area contributed by atoms with E-state index in [1.165, 1.54) is 0 Å². The van der Waals surface area contributed by atoms with Crippen LogP contribution in [0.3, 0.4) is 0 Å². The van der Waals surface area contributed by atoms with Gasteiger partial charge in [0.05, 0.1) is 24.6 Å². The average Bonchev–Trinajstić information content (AvgIpc) is 3.35. The number of hydrogen-bond acceptors (Lipinski definition) is 14. The highest BCUT2D eigenvalue weighted by atomic mass is 16.3. The molecule has 1 saturated heterocycles. The quantitative estimate of drug-likeness (QED) is 0.0568. The molecule has 21 nitrogen and oxygen atoms in total. The van der Waals surface area contributed by atoms with Crippen LogP contribution in [0, 0.1) is 29.6 Å². The molecular formula is C54H93N11O10. The molecule has 1 aromatic rings. The number of aliphatic hydroxyl groups excluding tert-OH is 1. The normalized spacial score (nSPS) is 23.5. The maximum absolute atomic E-state index is 14.5. The summed E-state index contributed by atoms with van der Waals surface area (Å²) < 4.78 is 0. The number of unbranched alkanes of at least 4 members (excludes halogenated alkanes) is 1. The molecule has 2 rings (SSSR count). The zero-order valence-corrected chi connectivity index (χ0v) is 45.6. The zero-order valence-electron chi connectivity index (χ0n) is 45.6. The molecule has 16 N–H and O–H groups in total. The lowest BCUT2D eigenvalue weighted by Gasteiger charge is -2.28. The second-order valence-electron chi connectivity index (χ2n) is 21.2. The first kappa shape index (κ1) is 65.8. The van der Waals surface area contributed by atoms with Gasteiger partial charge >= 0.3 is 0 Å². The summed E-state index contributed by atoms with van der Waals surface area (Å²) in [5, 5.41) is 29.9. The topological polar surface area (TPSA) is 362 Å². The van der Waals surface area contributed by atoms with Gasteiger partial charge in [-0.1, -0.05) is 97.6 Å². The molecule has 1 aliphatic heterocycles. The Morgan fingerprint density at radius 1 is 0.627 bits per heavy atom. The molecule has 1 fully saturated rings. The summed E-state index contributed by atoms with van der Waals surface area (Å²) in [4.78, 5) is 127. The number of hydrogen-bond donors (Lipinski definition) is 12. The van der Waals surface area contributed by atoms with E-state index in [2.05, 4.69) is 51.1 Å². The molecule has 10 atom stereocenters. The van der Waals surface area contributed by atoms with Crippen molar-refractivity contribution in [3.8, 4) is 0 Å². The monoisotopic (exact) mass is 1060 g/mol. The number of carbonyl (C=O) groups excluding carboxylic acids is 9. The third kappa shape index (κ3) is 25.4. The summed E-state index contributed by atoms with van der Waals surface area (Å²) >= 11 is 0. The summed E-state index contributed by atoms with van der Waals surface area (Å²) in [6, 6.07) is 1.79. The molecular weight excluding hydrogens is 963 g/mol. The predicted octanol–water partition coefficient (Wildman–Crippen LogP) is 0.653. The first-order valence-electron chi connectivity index (χ1n) is 27.3. The number of nitrogens with one attached hydrogen (secondary N) is 7. The van der Waals surface area contributed by atoms with Crippen LogP contribution in [0.2, 0.25) is 0 Å². The number of nitrogens with two attached hydrogens (primary N) is 4. The smallest absolute Gasteiger partial charge is 0.243 e. The summed E-state index contributed by atoms with van der Waals surface area (Å²) in [6.45, 7) is 11.4. The van der Waals surface area contributed by atoms with Gasteiger partial charge in [0.1, 0.15) is 24.2 Å². The lowest BCUT2D eigenvalue weighted by Crippen LogP contribution is -2.59. The number of Topliss-reactive ketones (excluding diaryl/α,β-unsaturated/α-hetero) is 2. The van der Waals surface area contributed by atoms with Gasteiger partial charge in [-0.25, -0.2) is 0 Å². The van der Waals surface area contributed by atoms with E-state index in [-0.39, 0.29) is 102 Å². The molecule has 0 aromatic heterocycles. The van der Waals surface area contributed by atoms with Crippen molar-refractivity contribution in [3.05, 3.63) is 35.9 Å². The van der Waals surface area contributed by atoms with Gasteiger partial charge in [0.2, 0.25) is 41.4 Å². The van der Waals surface area contributed by atoms with Gasteiger partial charge in [-0.3, -0.25) is 43.2 Å². The van der Waals surface area contributed by atoms with Crippen LogP contribution >= 0.6 is 0 Å². The number of ketones is 2. The number of benzene rings is 1. The van der Waals surface area contributed by atoms with Gasteiger partial charge in [-0.05, 0) is 107 Å². The predicted molar refractivity (Wildman–Crippen MR) is 288 cm³/mol. The Balaban J connectivity index is 2.67. The zero-order chi connectivity index (χ0) is 56.0. The van der Waals surface area contributed by atoms with Crippen molar-refractivity contribution in [1.82, 2.24) is 37.2 Å². The minimum absolute atomic E-state index is 0.00250. The van der Waals surface area contributed by atoms with E-state index >= 15 is 0 Å². The standard InChI is InChI=1S/C54H93N11O10/c1-7-35(6)13-11-12-16-39(66)32-48(69)60-40(17-22-55)46(67)30-37-21-26-59-51(72)44(27-33(2)3)65-53(74)43(20-25-58)62-52(73)42(19-24-57)63-54(75)45(28-34(4)5)64-50(71)38(29-36-14-9-8-10-15-36)31-47(68)41(18-23-56)61-49(37)70/h8-10,14-15,33-35,37-45,66H,7,11-13,16-32,55-58H2,1-6H3,(H,59,72)(H,60,69)(H,61,70)(H,62,73)(H,63,75)(H,64,71)(H,65,74)/t35?,37-,38+,39?,40+,41+,42+,43+,44+,45+/m1/s1. The fourth-order valence-electron chi connectivity index (χ4n) is 9.02. The Labute approximate surface area is 444 Å². The molecule has 0 saturated carbocycles. The van der Waals surface area contributed by atoms with Gasteiger partial charge in [-0.2, -0.15) is 0 Å². The Morgan fingerprint density at radius 3 is 1.67 bits per heavy atom. The lowest BCUT2D eigenvalue weighted by atomic mass is 9.89. The molecule has 0 bridgehead atoms. The Hall–Kier alpha value is -5.35. The van der Waals surface area contributed by atoms with E-state index in [1.54, 1.807) is 30.3 Å². The van der Waals surface area contributed by atoms with Crippen LogP contribution in [0.15, 0.2) is 30.3 Å². The second-order valence-corrected chi connectivity index (χ2v) is 21.2. The van der Waals surface area contributed by atoms with E-state index < -0.39 is 120 Å². The van der Waals surface area contributed by atoms with E-state index in [0.29, 0.717) is 17.9 Å². The highest BCUT2D eigenvalue weighted by Crippen LogP contribution is 2.20. The molecule has 0 spiro atoms. The van der Waals surface area contributed by atoms with Crippen molar-refractivity contribution in [2.24, 2.45) is 52.5 Å². The summed E-state index contributed by atoms with van der Waals surface area (Å²) in [5.74, 6) is -7.75. The van der Waals surface area contributed by atoms with Crippen LogP contribution in [-0.4, -0.2) is 133 Å². The third-order valence-electron chi connectivity index (χ3n) is 13.6. The van der Waals surface area contributed by atoms with Crippen LogP contribution in [-0.2, 0) is 49.6 Å². The molecule has 1 aliphatic rings. The Bertz CT molecular complexity index is 1960. The van der Waals surface area contributed by atoms with Crippen molar-refractivity contribution in [3.63, 3.8) is 0 Å². The first-order valence-corrected chi connectivity index (χ1v) is 27.3. The SMILES string of the molecule is CCC(C)CCCCC(O)CC(=O)N[C@@H](CCN)C(=O)C[C@H]1CCNC(=O)[C@H](CC(C)C)NC(=O)[C@H](CCN)NC(=O)[C@H](CCN)NC(=O)[C@H](CC(C)C)NC(=O)[C@@H](Cc2ccccc2)CC(=O)[C@H](CCN)NC1=O. The molecule has 21 heteroatoms. The number of aliphatic hydroxyl groups is 1. The average molecular weight is 1060 g/mol. The van der Waals surface area contributed by atoms with Gasteiger partial charge < -0.3 is 65.3 Å². The van der Waals surface area contributed by atoms with Gasteiger partial charge in [0.25, 0.3) is 0 Å². The van der Waals surface area contributed by atoms with E-state index in [0.717, 1.165) is 25.7 Å². The number of rotatable bonds is 26. The third-order valence-corrected chi connectivity index (χ3v) is 13.6. The maximum atomic E-state index is 14.5. The van der Waals surface area contributed by atoms with Crippen molar-refractivity contribution in [2.45, 2.75) is 187 Å². The van der Waals surface area contributed by atoms with Gasteiger partial charge in [0.15, 0.2) is 11.6 Å². The minimum Gasteiger partial charge on any atom is -0.393 e. The molecule has 1 heterocycles. The highest BCUT2D eigenvalue weighted by Gasteiger charge is 2.36. The van der Waals surface area contributed by atoms with Crippen LogP contribution in [0.25, 0.3) is 0 Å².